The third-order valence-corrected chi connectivity index (χ3v) is 6.52. The van der Waals surface area contributed by atoms with Crippen LogP contribution < -0.4 is 5.32 Å². The molecule has 188 valence electrons. The highest BCUT2D eigenvalue weighted by Crippen LogP contribution is 2.32. The summed E-state index contributed by atoms with van der Waals surface area (Å²) < 4.78 is 52.5. The molecule has 0 spiro atoms. The van der Waals surface area contributed by atoms with E-state index in [1.807, 2.05) is 45.1 Å². The molecule has 0 radical (unpaired) electrons. The number of benzene rings is 1. The van der Waals surface area contributed by atoms with Crippen LogP contribution >= 0.6 is 0 Å². The second kappa shape index (κ2) is 9.88. The molecule has 3 aliphatic rings. The Labute approximate surface area is 202 Å². The van der Waals surface area contributed by atoms with Crippen LogP contribution in [0.4, 0.5) is 13.2 Å². The van der Waals surface area contributed by atoms with Crippen LogP contribution in [0.5, 0.6) is 0 Å². The molecule has 2 heterocycles. The number of allylic oxidation sites excluding steroid dienone is 3. The maximum absolute atomic E-state index is 14.0. The molecule has 0 saturated heterocycles. The van der Waals surface area contributed by atoms with E-state index in [2.05, 4.69) is 10.3 Å². The van der Waals surface area contributed by atoms with Crippen molar-refractivity contribution in [1.29, 1.82) is 0 Å². The number of fused-ring (bicyclic) bond motifs is 1. The summed E-state index contributed by atoms with van der Waals surface area (Å²) in [5.41, 5.74) is 2.76. The SMILES string of the molecule is COC1C=C(C)C(NC2=NC(O)N3C(=CC=C(C)[C@@H]3C)N2Cc2cc(F)c(F)c(F)c2)=CC1OC. The van der Waals surface area contributed by atoms with Crippen molar-refractivity contribution in [2.24, 2.45) is 4.99 Å². The van der Waals surface area contributed by atoms with Crippen molar-refractivity contribution in [2.75, 3.05) is 14.2 Å². The van der Waals surface area contributed by atoms with Gasteiger partial charge in [-0.3, -0.25) is 4.90 Å². The summed E-state index contributed by atoms with van der Waals surface area (Å²) in [6.45, 7) is 5.73. The topological polar surface area (TPSA) is 69.6 Å². The van der Waals surface area contributed by atoms with Gasteiger partial charge in [0.1, 0.15) is 18.0 Å². The van der Waals surface area contributed by atoms with Crippen molar-refractivity contribution in [3.8, 4) is 0 Å². The van der Waals surface area contributed by atoms with Gasteiger partial charge in [-0.25, -0.2) is 13.2 Å². The fourth-order valence-corrected chi connectivity index (χ4v) is 4.37. The Morgan fingerprint density at radius 3 is 2.29 bits per heavy atom. The molecule has 0 amide bonds. The zero-order valence-corrected chi connectivity index (χ0v) is 20.2. The number of nitrogens with zero attached hydrogens (tertiary/aromatic N) is 3. The molecular weight excluding hydrogens is 461 g/mol. The van der Waals surface area contributed by atoms with Crippen LogP contribution in [0.1, 0.15) is 26.3 Å². The lowest BCUT2D eigenvalue weighted by Gasteiger charge is -2.46. The van der Waals surface area contributed by atoms with E-state index in [1.54, 1.807) is 24.0 Å². The van der Waals surface area contributed by atoms with Crippen LogP contribution in [0.3, 0.4) is 0 Å². The number of methoxy groups -OCH3 is 2. The number of aliphatic imine (C=N–C) groups is 1. The molecule has 1 aliphatic carbocycles. The number of halogens is 3. The first-order valence-corrected chi connectivity index (χ1v) is 11.2. The summed E-state index contributed by atoms with van der Waals surface area (Å²) in [7, 11) is 3.17. The lowest BCUT2D eigenvalue weighted by atomic mass is 10.00. The molecular formula is C25H29F3N4O3. The Balaban J connectivity index is 1.74. The normalized spacial score (nSPS) is 26.4. The van der Waals surface area contributed by atoms with Crippen LogP contribution in [0, 0.1) is 17.5 Å². The Hall–Kier alpha value is -3.08. The van der Waals surface area contributed by atoms with Crippen LogP contribution in [0.25, 0.3) is 0 Å². The zero-order valence-electron chi connectivity index (χ0n) is 20.2. The summed E-state index contributed by atoms with van der Waals surface area (Å²) in [4.78, 5) is 7.85. The van der Waals surface area contributed by atoms with Gasteiger partial charge >= 0.3 is 0 Å². The van der Waals surface area contributed by atoms with E-state index in [9.17, 15) is 18.3 Å². The highest BCUT2D eigenvalue weighted by molar-refractivity contribution is 5.85. The number of aliphatic hydroxyl groups excluding tert-OH is 1. The van der Waals surface area contributed by atoms with Gasteiger partial charge in [-0.1, -0.05) is 11.6 Å². The third kappa shape index (κ3) is 4.73. The Bertz CT molecular complexity index is 1140. The number of ether oxygens (including phenoxy) is 2. The number of nitrogens with one attached hydrogen (secondary N) is 1. The van der Waals surface area contributed by atoms with Gasteiger partial charge in [0.15, 0.2) is 17.5 Å². The van der Waals surface area contributed by atoms with E-state index in [-0.39, 0.29) is 36.3 Å². The maximum Gasteiger partial charge on any atom is 0.230 e. The van der Waals surface area contributed by atoms with Gasteiger partial charge < -0.3 is 24.8 Å². The lowest BCUT2D eigenvalue weighted by Crippen LogP contribution is -2.56. The number of hydrogen-bond donors (Lipinski definition) is 2. The van der Waals surface area contributed by atoms with Crippen molar-refractivity contribution in [3.05, 3.63) is 82.1 Å². The monoisotopic (exact) mass is 490 g/mol. The van der Waals surface area contributed by atoms with Crippen LogP contribution in [0.2, 0.25) is 0 Å². The van der Waals surface area contributed by atoms with Crippen molar-refractivity contribution in [1.82, 2.24) is 15.1 Å². The minimum absolute atomic E-state index is 0.0287. The highest BCUT2D eigenvalue weighted by Gasteiger charge is 2.37. The number of guanidine groups is 1. The largest absolute Gasteiger partial charge is 0.374 e. The highest BCUT2D eigenvalue weighted by atomic mass is 19.2. The Morgan fingerprint density at radius 2 is 1.66 bits per heavy atom. The summed E-state index contributed by atoms with van der Waals surface area (Å²) >= 11 is 0. The van der Waals surface area contributed by atoms with Gasteiger partial charge in [0.05, 0.1) is 12.6 Å². The molecule has 1 aromatic rings. The van der Waals surface area contributed by atoms with Gasteiger partial charge in [0.2, 0.25) is 12.3 Å². The number of hydrogen-bond acceptors (Lipinski definition) is 7. The molecule has 7 nitrogen and oxygen atoms in total. The number of aliphatic hydroxyl groups is 1. The van der Waals surface area contributed by atoms with Gasteiger partial charge in [-0.15, -0.1) is 0 Å². The first kappa shape index (κ1) is 25.0. The van der Waals surface area contributed by atoms with E-state index in [1.165, 1.54) is 0 Å². The first-order chi connectivity index (χ1) is 16.6. The molecule has 0 saturated carbocycles. The van der Waals surface area contributed by atoms with Gasteiger partial charge in [0.25, 0.3) is 0 Å². The molecule has 3 unspecified atom stereocenters. The molecule has 2 N–H and O–H groups in total. The molecule has 2 aliphatic heterocycles. The fraction of sp³-hybridized carbons (Fsp3) is 0.400. The van der Waals surface area contributed by atoms with E-state index >= 15 is 0 Å². The van der Waals surface area contributed by atoms with E-state index in [0.717, 1.165) is 23.3 Å². The first-order valence-electron chi connectivity index (χ1n) is 11.2. The smallest absolute Gasteiger partial charge is 0.230 e. The number of rotatable bonds is 5. The van der Waals surface area contributed by atoms with Crippen molar-refractivity contribution >= 4 is 5.96 Å². The van der Waals surface area contributed by atoms with Crippen molar-refractivity contribution in [2.45, 2.75) is 51.9 Å². The summed E-state index contributed by atoms with van der Waals surface area (Å²) in [6, 6.07) is 1.73. The molecule has 0 aromatic heterocycles. The van der Waals surface area contributed by atoms with Crippen LogP contribution in [-0.2, 0) is 16.0 Å². The standard InChI is InChI=1S/C25H29F3N4O3/c1-13-6-7-22-31(12-16-9-17(26)23(28)18(27)10-16)24(30-25(33)32(22)15(13)3)29-19-11-21(35-5)20(34-4)8-14(19)2/h6-11,15,20-21,25,33H,12H2,1-5H3,(H,29,30)/t15-,20?,21?,25?/m0/s1. The van der Waals surface area contributed by atoms with E-state index in [4.69, 9.17) is 9.47 Å². The molecule has 1 aromatic carbocycles. The zero-order chi connectivity index (χ0) is 25.4. The molecule has 4 rings (SSSR count). The van der Waals surface area contributed by atoms with Crippen LogP contribution in [-0.4, -0.2) is 59.7 Å². The van der Waals surface area contributed by atoms with E-state index < -0.39 is 23.8 Å². The summed E-state index contributed by atoms with van der Waals surface area (Å²) in [5, 5.41) is 14.1. The van der Waals surface area contributed by atoms with Gasteiger partial charge in [0, 0.05) is 19.9 Å². The summed E-state index contributed by atoms with van der Waals surface area (Å²) in [5.74, 6) is -3.23. The molecule has 0 bridgehead atoms. The fourth-order valence-electron chi connectivity index (χ4n) is 4.37. The second-order valence-corrected chi connectivity index (χ2v) is 8.73. The van der Waals surface area contributed by atoms with E-state index in [0.29, 0.717) is 11.5 Å². The van der Waals surface area contributed by atoms with Crippen molar-refractivity contribution in [3.63, 3.8) is 0 Å². The van der Waals surface area contributed by atoms with Crippen LogP contribution in [0.15, 0.2) is 64.1 Å². The third-order valence-electron chi connectivity index (χ3n) is 6.52. The quantitative estimate of drug-likeness (QED) is 0.616. The average molecular weight is 491 g/mol. The predicted molar refractivity (Wildman–Crippen MR) is 125 cm³/mol. The minimum Gasteiger partial charge on any atom is -0.374 e. The predicted octanol–water partition coefficient (Wildman–Crippen LogP) is 3.51. The summed E-state index contributed by atoms with van der Waals surface area (Å²) in [6.07, 6.45) is 5.66. The molecule has 4 atom stereocenters. The minimum atomic E-state index is -1.52. The Kier molecular flexibility index (Phi) is 7.07. The molecule has 0 fully saturated rings. The van der Waals surface area contributed by atoms with Gasteiger partial charge in [-0.2, -0.15) is 4.99 Å². The lowest BCUT2D eigenvalue weighted by molar-refractivity contribution is -0.00931. The molecule has 10 heteroatoms. The van der Waals surface area contributed by atoms with Gasteiger partial charge in [-0.05, 0) is 62.3 Å². The Morgan fingerprint density at radius 1 is 1.03 bits per heavy atom. The maximum atomic E-state index is 14.0. The van der Waals surface area contributed by atoms with Crippen molar-refractivity contribution < 1.29 is 27.8 Å². The average Bonchev–Trinajstić information content (AvgIpc) is 2.82. The molecule has 35 heavy (non-hydrogen) atoms. The second-order valence-electron chi connectivity index (χ2n) is 8.73.